The van der Waals surface area contributed by atoms with Gasteiger partial charge < -0.3 is 14.2 Å². The fourth-order valence-corrected chi connectivity index (χ4v) is 2.35. The molecular weight excluding hydrogens is 302 g/mol. The van der Waals surface area contributed by atoms with Crippen LogP contribution < -0.4 is 14.2 Å². The number of carbonyl (C=O) groups excluding carboxylic acids is 1. The van der Waals surface area contributed by atoms with Gasteiger partial charge in [0.05, 0.1) is 18.1 Å². The van der Waals surface area contributed by atoms with Crippen molar-refractivity contribution in [2.24, 2.45) is 0 Å². The van der Waals surface area contributed by atoms with E-state index >= 15 is 0 Å². The van der Waals surface area contributed by atoms with E-state index in [0.717, 1.165) is 11.6 Å². The maximum absolute atomic E-state index is 12.3. The molecule has 7 nitrogen and oxygen atoms in total. The van der Waals surface area contributed by atoms with Gasteiger partial charge in [0.25, 0.3) is 5.69 Å². The first-order valence-electron chi connectivity index (χ1n) is 6.87. The predicted molar refractivity (Wildman–Crippen MR) is 79.8 cm³/mol. The Morgan fingerprint density at radius 1 is 1.26 bits per heavy atom. The third kappa shape index (κ3) is 2.94. The minimum Gasteiger partial charge on any atom is -0.493 e. The van der Waals surface area contributed by atoms with Gasteiger partial charge in [-0.15, -0.1) is 0 Å². The molecule has 1 unspecified atom stereocenters. The standard InChI is InChI=1S/C16H13NO6/c1-21-13-7-6-11(17(19)20)9-14(13)23-16(18)15-8-10-4-2-3-5-12(10)22-15/h2-7,9,15H,8H2,1H3. The number of carbonyl (C=O) groups is 1. The van der Waals surface area contributed by atoms with E-state index in [9.17, 15) is 14.9 Å². The van der Waals surface area contributed by atoms with Crippen LogP contribution in [0.5, 0.6) is 17.2 Å². The SMILES string of the molecule is COc1ccc([N+](=O)[O-])cc1OC(=O)C1Cc2ccccc2O1. The van der Waals surface area contributed by atoms with E-state index < -0.39 is 17.0 Å². The van der Waals surface area contributed by atoms with Crippen LogP contribution in [0.3, 0.4) is 0 Å². The normalized spacial score (nSPS) is 15.4. The third-order valence-corrected chi connectivity index (χ3v) is 3.48. The van der Waals surface area contributed by atoms with Crippen LogP contribution in [0.15, 0.2) is 42.5 Å². The van der Waals surface area contributed by atoms with Gasteiger partial charge in [0, 0.05) is 12.5 Å². The van der Waals surface area contributed by atoms with E-state index in [-0.39, 0.29) is 17.2 Å². The molecule has 0 saturated heterocycles. The summed E-state index contributed by atoms with van der Waals surface area (Å²) in [6.45, 7) is 0. The quantitative estimate of drug-likeness (QED) is 0.373. The number of nitrogens with zero attached hydrogens (tertiary/aromatic N) is 1. The molecule has 0 aromatic heterocycles. The van der Waals surface area contributed by atoms with Gasteiger partial charge in [-0.1, -0.05) is 18.2 Å². The summed E-state index contributed by atoms with van der Waals surface area (Å²) in [5.41, 5.74) is 0.727. The highest BCUT2D eigenvalue weighted by Gasteiger charge is 2.31. The lowest BCUT2D eigenvalue weighted by Crippen LogP contribution is -2.29. The van der Waals surface area contributed by atoms with Gasteiger partial charge in [-0.25, -0.2) is 4.79 Å². The van der Waals surface area contributed by atoms with Crippen molar-refractivity contribution >= 4 is 11.7 Å². The molecular formula is C16H13NO6. The number of fused-ring (bicyclic) bond motifs is 1. The highest BCUT2D eigenvalue weighted by molar-refractivity contribution is 5.80. The topological polar surface area (TPSA) is 87.9 Å². The molecule has 2 aromatic carbocycles. The summed E-state index contributed by atoms with van der Waals surface area (Å²) in [6.07, 6.45) is -0.386. The molecule has 1 aliphatic rings. The number of rotatable bonds is 4. The molecule has 2 aromatic rings. The van der Waals surface area contributed by atoms with Gasteiger partial charge in [0.15, 0.2) is 17.6 Å². The zero-order valence-electron chi connectivity index (χ0n) is 12.2. The van der Waals surface area contributed by atoms with Crippen molar-refractivity contribution in [1.82, 2.24) is 0 Å². The summed E-state index contributed by atoms with van der Waals surface area (Å²) in [7, 11) is 1.39. The number of nitro groups is 1. The largest absolute Gasteiger partial charge is 0.493 e. The fraction of sp³-hybridized carbons (Fsp3) is 0.188. The first kappa shape index (κ1) is 14.8. The van der Waals surface area contributed by atoms with Gasteiger partial charge in [-0.3, -0.25) is 10.1 Å². The average molecular weight is 315 g/mol. The molecule has 0 aliphatic carbocycles. The molecule has 1 aliphatic heterocycles. The Hall–Kier alpha value is -3.09. The molecule has 3 rings (SSSR count). The Morgan fingerprint density at radius 3 is 2.74 bits per heavy atom. The first-order chi connectivity index (χ1) is 11.1. The van der Waals surface area contributed by atoms with Crippen LogP contribution in [0.2, 0.25) is 0 Å². The number of non-ortho nitro benzene ring substituents is 1. The Bertz CT molecular complexity index is 748. The second kappa shape index (κ2) is 5.96. The Labute approximate surface area is 131 Å². The number of hydrogen-bond donors (Lipinski definition) is 0. The van der Waals surface area contributed by atoms with Crippen LogP contribution in [0, 0.1) is 10.1 Å². The monoisotopic (exact) mass is 315 g/mol. The van der Waals surface area contributed by atoms with E-state index in [0.29, 0.717) is 12.2 Å². The predicted octanol–water partition coefficient (Wildman–Crippen LogP) is 2.51. The second-order valence-electron chi connectivity index (χ2n) is 4.93. The Balaban J connectivity index is 1.78. The van der Waals surface area contributed by atoms with Crippen LogP contribution in [0.25, 0.3) is 0 Å². The summed E-state index contributed by atoms with van der Waals surface area (Å²) >= 11 is 0. The van der Waals surface area contributed by atoms with Crippen molar-refractivity contribution in [3.8, 4) is 17.2 Å². The smallest absolute Gasteiger partial charge is 0.353 e. The van der Waals surface area contributed by atoms with Gasteiger partial charge in [-0.2, -0.15) is 0 Å². The van der Waals surface area contributed by atoms with Gasteiger partial charge in [0.1, 0.15) is 5.75 Å². The maximum Gasteiger partial charge on any atom is 0.353 e. The molecule has 0 fully saturated rings. The van der Waals surface area contributed by atoms with Crippen LogP contribution in [0.1, 0.15) is 5.56 Å². The second-order valence-corrected chi connectivity index (χ2v) is 4.93. The summed E-state index contributed by atoms with van der Waals surface area (Å²) in [4.78, 5) is 22.5. The Morgan fingerprint density at radius 2 is 2.04 bits per heavy atom. The van der Waals surface area contributed by atoms with Crippen molar-refractivity contribution in [2.75, 3.05) is 7.11 Å². The van der Waals surface area contributed by atoms with Crippen LogP contribution in [0.4, 0.5) is 5.69 Å². The minimum absolute atomic E-state index is 0.00810. The summed E-state index contributed by atoms with van der Waals surface area (Å²) in [5, 5.41) is 10.8. The lowest BCUT2D eigenvalue weighted by molar-refractivity contribution is -0.384. The number of para-hydroxylation sites is 1. The zero-order valence-corrected chi connectivity index (χ0v) is 12.2. The van der Waals surface area contributed by atoms with Crippen LogP contribution >= 0.6 is 0 Å². The van der Waals surface area contributed by atoms with E-state index in [1.807, 2.05) is 18.2 Å². The van der Waals surface area contributed by atoms with E-state index in [2.05, 4.69) is 0 Å². The van der Waals surface area contributed by atoms with Crippen molar-refractivity contribution in [1.29, 1.82) is 0 Å². The zero-order chi connectivity index (χ0) is 16.4. The number of ether oxygens (including phenoxy) is 3. The molecule has 0 N–H and O–H groups in total. The molecule has 23 heavy (non-hydrogen) atoms. The molecule has 118 valence electrons. The molecule has 0 saturated carbocycles. The molecule has 0 bridgehead atoms. The third-order valence-electron chi connectivity index (χ3n) is 3.48. The fourth-order valence-electron chi connectivity index (χ4n) is 2.35. The summed E-state index contributed by atoms with van der Waals surface area (Å²) in [5.74, 6) is 0.242. The van der Waals surface area contributed by atoms with E-state index in [1.165, 1.54) is 19.2 Å². The van der Waals surface area contributed by atoms with E-state index in [4.69, 9.17) is 14.2 Å². The molecule has 0 amide bonds. The highest BCUT2D eigenvalue weighted by Crippen LogP contribution is 2.33. The van der Waals surface area contributed by atoms with Crippen molar-refractivity contribution in [2.45, 2.75) is 12.5 Å². The molecule has 1 atom stereocenters. The van der Waals surface area contributed by atoms with Crippen molar-refractivity contribution < 1.29 is 23.9 Å². The number of methoxy groups -OCH3 is 1. The molecule has 0 radical (unpaired) electrons. The Kier molecular flexibility index (Phi) is 3.84. The molecule has 1 heterocycles. The van der Waals surface area contributed by atoms with Crippen molar-refractivity contribution in [3.05, 3.63) is 58.1 Å². The lowest BCUT2D eigenvalue weighted by atomic mass is 10.1. The van der Waals surface area contributed by atoms with Gasteiger partial charge >= 0.3 is 5.97 Å². The first-order valence-corrected chi connectivity index (χ1v) is 6.87. The number of esters is 1. The highest BCUT2D eigenvalue weighted by atomic mass is 16.6. The average Bonchev–Trinajstić information content (AvgIpc) is 2.99. The number of benzene rings is 2. The molecule has 0 spiro atoms. The maximum atomic E-state index is 12.3. The summed E-state index contributed by atoms with van der Waals surface area (Å²) < 4.78 is 15.9. The van der Waals surface area contributed by atoms with Crippen molar-refractivity contribution in [3.63, 3.8) is 0 Å². The van der Waals surface area contributed by atoms with Crippen LogP contribution in [-0.4, -0.2) is 24.1 Å². The molecule has 7 heteroatoms. The van der Waals surface area contributed by atoms with E-state index in [1.54, 1.807) is 6.07 Å². The number of hydrogen-bond acceptors (Lipinski definition) is 6. The lowest BCUT2D eigenvalue weighted by Gasteiger charge is -2.12. The summed E-state index contributed by atoms with van der Waals surface area (Å²) in [6, 6.07) is 11.1. The van der Waals surface area contributed by atoms with Gasteiger partial charge in [0.2, 0.25) is 0 Å². The van der Waals surface area contributed by atoms with Crippen LogP contribution in [-0.2, 0) is 11.2 Å². The van der Waals surface area contributed by atoms with Gasteiger partial charge in [-0.05, 0) is 17.7 Å². The minimum atomic E-state index is -0.781. The number of nitro benzene ring substituents is 1.